The minimum absolute atomic E-state index is 0.0348. The zero-order valence-corrected chi connectivity index (χ0v) is 12.0. The maximum absolute atomic E-state index is 11.7. The van der Waals surface area contributed by atoms with Crippen LogP contribution in [0.2, 0.25) is 0 Å². The normalized spacial score (nSPS) is 10.9. The average molecular weight is 282 g/mol. The SMILES string of the molecule is CCOc1ccc2c(ccn2CCn2ccccc2=O)c1. The number of hydrogen-bond acceptors (Lipinski definition) is 2. The van der Waals surface area contributed by atoms with Gasteiger partial charge in [-0.15, -0.1) is 0 Å². The quantitative estimate of drug-likeness (QED) is 0.721. The molecular formula is C17H18N2O2. The monoisotopic (exact) mass is 282 g/mol. The van der Waals surface area contributed by atoms with Gasteiger partial charge in [-0.3, -0.25) is 4.79 Å². The number of rotatable bonds is 5. The van der Waals surface area contributed by atoms with E-state index in [-0.39, 0.29) is 5.56 Å². The fourth-order valence-corrected chi connectivity index (χ4v) is 2.49. The van der Waals surface area contributed by atoms with E-state index in [1.165, 1.54) is 0 Å². The van der Waals surface area contributed by atoms with Crippen LogP contribution in [0.1, 0.15) is 6.92 Å². The number of pyridine rings is 1. The molecule has 108 valence electrons. The Morgan fingerprint density at radius 2 is 1.86 bits per heavy atom. The molecule has 4 nitrogen and oxygen atoms in total. The summed E-state index contributed by atoms with van der Waals surface area (Å²) in [5, 5.41) is 1.15. The molecule has 1 aromatic carbocycles. The van der Waals surface area contributed by atoms with Gasteiger partial charge in [0.1, 0.15) is 5.75 Å². The van der Waals surface area contributed by atoms with E-state index >= 15 is 0 Å². The molecule has 0 atom stereocenters. The molecule has 0 saturated carbocycles. The van der Waals surface area contributed by atoms with Crippen LogP contribution in [0.3, 0.4) is 0 Å². The molecule has 0 aliphatic carbocycles. The Balaban J connectivity index is 1.81. The summed E-state index contributed by atoms with van der Waals surface area (Å²) in [5.74, 6) is 0.891. The summed E-state index contributed by atoms with van der Waals surface area (Å²) in [6, 6.07) is 13.4. The molecule has 3 rings (SSSR count). The summed E-state index contributed by atoms with van der Waals surface area (Å²) in [7, 11) is 0. The fraction of sp³-hybridized carbons (Fsp3) is 0.235. The molecule has 0 amide bonds. The molecule has 0 bridgehead atoms. The van der Waals surface area contributed by atoms with Crippen molar-refractivity contribution in [1.29, 1.82) is 0 Å². The molecule has 0 radical (unpaired) electrons. The van der Waals surface area contributed by atoms with E-state index in [9.17, 15) is 4.79 Å². The Morgan fingerprint density at radius 3 is 2.67 bits per heavy atom. The van der Waals surface area contributed by atoms with Crippen molar-refractivity contribution < 1.29 is 4.74 Å². The average Bonchev–Trinajstić information content (AvgIpc) is 2.89. The molecule has 0 unspecified atom stereocenters. The highest BCUT2D eigenvalue weighted by molar-refractivity contribution is 5.81. The van der Waals surface area contributed by atoms with Crippen molar-refractivity contribution in [2.24, 2.45) is 0 Å². The Kier molecular flexibility index (Phi) is 3.77. The number of hydrogen-bond donors (Lipinski definition) is 0. The molecule has 0 fully saturated rings. The van der Waals surface area contributed by atoms with Crippen molar-refractivity contribution in [3.8, 4) is 5.75 Å². The Labute approximate surface area is 123 Å². The van der Waals surface area contributed by atoms with Crippen LogP contribution in [0, 0.1) is 0 Å². The molecule has 21 heavy (non-hydrogen) atoms. The van der Waals surface area contributed by atoms with Crippen LogP contribution in [-0.4, -0.2) is 15.7 Å². The Hall–Kier alpha value is -2.49. The second-order valence-corrected chi connectivity index (χ2v) is 4.90. The van der Waals surface area contributed by atoms with Crippen LogP contribution < -0.4 is 10.3 Å². The van der Waals surface area contributed by atoms with Gasteiger partial charge in [-0.05, 0) is 37.3 Å². The smallest absolute Gasteiger partial charge is 0.250 e. The van der Waals surface area contributed by atoms with Gasteiger partial charge in [0.25, 0.3) is 5.56 Å². The van der Waals surface area contributed by atoms with E-state index in [4.69, 9.17) is 4.74 Å². The molecule has 0 aliphatic rings. The van der Waals surface area contributed by atoms with Gasteiger partial charge in [0.05, 0.1) is 6.61 Å². The fourth-order valence-electron chi connectivity index (χ4n) is 2.49. The molecule has 0 spiro atoms. The number of aromatic nitrogens is 2. The van der Waals surface area contributed by atoms with Crippen molar-refractivity contribution in [2.75, 3.05) is 6.61 Å². The van der Waals surface area contributed by atoms with E-state index in [0.717, 1.165) is 23.2 Å². The third-order valence-corrected chi connectivity index (χ3v) is 3.53. The highest BCUT2D eigenvalue weighted by atomic mass is 16.5. The second-order valence-electron chi connectivity index (χ2n) is 4.90. The summed E-state index contributed by atoms with van der Waals surface area (Å²) in [5.41, 5.74) is 1.19. The van der Waals surface area contributed by atoms with E-state index in [1.54, 1.807) is 16.7 Å². The van der Waals surface area contributed by atoms with Crippen molar-refractivity contribution in [1.82, 2.24) is 9.13 Å². The largest absolute Gasteiger partial charge is 0.494 e. The minimum Gasteiger partial charge on any atom is -0.494 e. The molecule has 4 heteroatoms. The van der Waals surface area contributed by atoms with Gasteiger partial charge in [-0.25, -0.2) is 0 Å². The van der Waals surface area contributed by atoms with E-state index in [2.05, 4.69) is 16.7 Å². The molecule has 2 heterocycles. The first-order valence-electron chi connectivity index (χ1n) is 7.15. The second kappa shape index (κ2) is 5.87. The number of benzene rings is 1. The molecule has 0 saturated heterocycles. The molecular weight excluding hydrogens is 264 g/mol. The van der Waals surface area contributed by atoms with Crippen LogP contribution in [0.5, 0.6) is 5.75 Å². The van der Waals surface area contributed by atoms with Crippen LogP contribution in [0.25, 0.3) is 10.9 Å². The summed E-state index contributed by atoms with van der Waals surface area (Å²) >= 11 is 0. The van der Waals surface area contributed by atoms with Gasteiger partial charge < -0.3 is 13.9 Å². The van der Waals surface area contributed by atoms with Crippen molar-refractivity contribution in [3.63, 3.8) is 0 Å². The van der Waals surface area contributed by atoms with Crippen LogP contribution in [-0.2, 0) is 13.1 Å². The molecule has 0 aliphatic heterocycles. The minimum atomic E-state index is 0.0348. The summed E-state index contributed by atoms with van der Waals surface area (Å²) < 4.78 is 9.39. The summed E-state index contributed by atoms with van der Waals surface area (Å²) in [4.78, 5) is 11.7. The van der Waals surface area contributed by atoms with Crippen LogP contribution in [0.15, 0.2) is 59.7 Å². The zero-order chi connectivity index (χ0) is 14.7. The molecule has 3 aromatic rings. The summed E-state index contributed by atoms with van der Waals surface area (Å²) in [6.07, 6.45) is 3.87. The van der Waals surface area contributed by atoms with Crippen molar-refractivity contribution >= 4 is 10.9 Å². The summed E-state index contributed by atoms with van der Waals surface area (Å²) in [6.45, 7) is 4.08. The van der Waals surface area contributed by atoms with Gasteiger partial charge in [-0.2, -0.15) is 0 Å². The van der Waals surface area contributed by atoms with Gasteiger partial charge >= 0.3 is 0 Å². The van der Waals surface area contributed by atoms with Crippen LogP contribution >= 0.6 is 0 Å². The predicted octanol–water partition coefficient (Wildman–Crippen LogP) is 2.90. The first-order chi connectivity index (χ1) is 10.3. The van der Waals surface area contributed by atoms with E-state index in [0.29, 0.717) is 13.2 Å². The third kappa shape index (κ3) is 2.84. The van der Waals surface area contributed by atoms with Crippen LogP contribution in [0.4, 0.5) is 0 Å². The lowest BCUT2D eigenvalue weighted by atomic mass is 10.2. The molecule has 2 aromatic heterocycles. The van der Waals surface area contributed by atoms with E-state index < -0.39 is 0 Å². The highest BCUT2D eigenvalue weighted by Crippen LogP contribution is 2.22. The zero-order valence-electron chi connectivity index (χ0n) is 12.0. The lowest BCUT2D eigenvalue weighted by molar-refractivity contribution is 0.340. The highest BCUT2D eigenvalue weighted by Gasteiger charge is 2.03. The topological polar surface area (TPSA) is 36.2 Å². The third-order valence-electron chi connectivity index (χ3n) is 3.53. The van der Waals surface area contributed by atoms with Gasteiger partial charge in [0.15, 0.2) is 0 Å². The van der Waals surface area contributed by atoms with E-state index in [1.807, 2.05) is 37.5 Å². The van der Waals surface area contributed by atoms with Gasteiger partial charge in [0, 0.05) is 42.5 Å². The maximum atomic E-state index is 11.7. The van der Waals surface area contributed by atoms with Crippen molar-refractivity contribution in [2.45, 2.75) is 20.0 Å². The molecule has 0 N–H and O–H groups in total. The standard InChI is InChI=1S/C17H18N2O2/c1-2-21-15-6-7-16-14(13-15)8-10-18(16)11-12-19-9-4-3-5-17(19)20/h3-10,13H,2,11-12H2,1H3. The van der Waals surface area contributed by atoms with Gasteiger partial charge in [0.2, 0.25) is 0 Å². The maximum Gasteiger partial charge on any atom is 0.250 e. The lowest BCUT2D eigenvalue weighted by Gasteiger charge is -2.08. The number of aryl methyl sites for hydroxylation is 2. The number of nitrogens with zero attached hydrogens (tertiary/aromatic N) is 2. The number of fused-ring (bicyclic) bond motifs is 1. The first-order valence-corrected chi connectivity index (χ1v) is 7.15. The number of ether oxygens (including phenoxy) is 1. The first kappa shape index (κ1) is 13.5. The predicted molar refractivity (Wildman–Crippen MR) is 83.8 cm³/mol. The van der Waals surface area contributed by atoms with Gasteiger partial charge in [-0.1, -0.05) is 6.07 Å². The Morgan fingerprint density at radius 1 is 1.00 bits per heavy atom. The Bertz CT molecular complexity index is 802. The lowest BCUT2D eigenvalue weighted by Crippen LogP contribution is -2.20. The van der Waals surface area contributed by atoms with Crippen molar-refractivity contribution in [3.05, 3.63) is 65.2 Å².